The Kier molecular flexibility index (Phi) is 9.95. The van der Waals surface area contributed by atoms with Crippen LogP contribution in [-0.2, 0) is 16.2 Å². The number of nitrogens with zero attached hydrogens (tertiary/aromatic N) is 3. The molecular formula is C60H55N3O2. The molecule has 3 heterocycles. The van der Waals surface area contributed by atoms with Crippen LogP contribution in [0, 0.1) is 0 Å². The van der Waals surface area contributed by atoms with E-state index in [-0.39, 0.29) is 22.0 Å². The average Bonchev–Trinajstić information content (AvgIpc) is 3.87. The van der Waals surface area contributed by atoms with E-state index in [9.17, 15) is 5.11 Å². The number of furan rings is 1. The first-order valence-electron chi connectivity index (χ1n) is 22.6. The number of rotatable bonds is 6. The second kappa shape index (κ2) is 15.5. The summed E-state index contributed by atoms with van der Waals surface area (Å²) in [7, 11) is 0. The highest BCUT2D eigenvalue weighted by atomic mass is 16.3. The summed E-state index contributed by atoms with van der Waals surface area (Å²) < 4.78 is 8.65. The molecule has 0 aliphatic heterocycles. The molecule has 10 aromatic rings. The Labute approximate surface area is 382 Å². The number of aromatic hydroxyl groups is 1. The topological polar surface area (TPSA) is 64.1 Å². The van der Waals surface area contributed by atoms with Crippen molar-refractivity contribution in [2.75, 3.05) is 0 Å². The number of hydrogen-bond donors (Lipinski definition) is 1. The van der Waals surface area contributed by atoms with Gasteiger partial charge in [0.2, 0.25) is 0 Å². The van der Waals surface area contributed by atoms with E-state index in [0.29, 0.717) is 11.4 Å². The summed E-state index contributed by atoms with van der Waals surface area (Å²) in [5.41, 5.74) is 15.9. The minimum absolute atomic E-state index is 0.0839. The molecule has 5 heteroatoms. The Bertz CT molecular complexity index is 3430. The molecule has 5 nitrogen and oxygen atoms in total. The second-order valence-electron chi connectivity index (χ2n) is 20.5. The van der Waals surface area contributed by atoms with Gasteiger partial charge >= 0.3 is 0 Å². The molecule has 0 aliphatic carbocycles. The zero-order chi connectivity index (χ0) is 45.4. The molecule has 0 radical (unpaired) electrons. The number of phenolic OH excluding ortho intramolecular Hbond substituents is 1. The molecule has 0 saturated carbocycles. The molecule has 0 atom stereocenters. The van der Waals surface area contributed by atoms with Crippen molar-refractivity contribution in [2.45, 2.75) is 78.6 Å². The van der Waals surface area contributed by atoms with Crippen molar-refractivity contribution < 1.29 is 9.52 Å². The van der Waals surface area contributed by atoms with Gasteiger partial charge < -0.3 is 9.52 Å². The number of pyridine rings is 1. The number of phenols is 1. The van der Waals surface area contributed by atoms with E-state index in [1.807, 2.05) is 30.5 Å². The fourth-order valence-electron chi connectivity index (χ4n) is 9.22. The number of hydrogen-bond acceptors (Lipinski definition) is 4. The van der Waals surface area contributed by atoms with Crippen LogP contribution in [0.1, 0.15) is 79.0 Å². The zero-order valence-corrected chi connectivity index (χ0v) is 38.8. The van der Waals surface area contributed by atoms with Crippen LogP contribution < -0.4 is 0 Å². The number of benzene rings is 7. The highest BCUT2D eigenvalue weighted by Crippen LogP contribution is 2.47. The summed E-state index contributed by atoms with van der Waals surface area (Å²) >= 11 is 0. The minimum atomic E-state index is -0.336. The van der Waals surface area contributed by atoms with Crippen LogP contribution in [-0.4, -0.2) is 19.6 Å². The fourth-order valence-corrected chi connectivity index (χ4v) is 9.22. The molecule has 1 N–H and O–H groups in total. The Morgan fingerprint density at radius 1 is 0.492 bits per heavy atom. The molecule has 0 spiro atoms. The average molecular weight is 850 g/mol. The van der Waals surface area contributed by atoms with Crippen molar-refractivity contribution in [3.8, 4) is 67.5 Å². The van der Waals surface area contributed by atoms with Crippen LogP contribution in [0.15, 0.2) is 168 Å². The summed E-state index contributed by atoms with van der Waals surface area (Å²) in [6.07, 6.45) is 1.84. The molecule has 0 saturated heterocycles. The summed E-state index contributed by atoms with van der Waals surface area (Å²) in [4.78, 5) is 10.8. The summed E-state index contributed by atoms with van der Waals surface area (Å²) in [5.74, 6) is 0.925. The standard InChI is InChI=1S/C60H55N3O2/c1-58(2,3)42-27-28-49(46(34-42)38-21-14-11-15-22-38)63-50-25-18-24-44(55(50)62-57(63)47-35-43(59(4,5)6)36-48(56(47)64)60(7,8)9)40-31-39(37-19-12-10-13-20-37)32-41(33-40)54-53-45-23-16-17-26-51(45)65-52(53)29-30-61-54/h10-36,64H,1-9H3. The lowest BCUT2D eigenvalue weighted by molar-refractivity contribution is 0.446. The largest absolute Gasteiger partial charge is 0.507 e. The SMILES string of the molecule is CC(C)(C)c1ccc(-n2c(-c3cc(C(C)(C)C)cc(C(C)(C)C)c3O)nc3c(-c4cc(-c5ccccc5)cc(-c5nccc6oc7ccccc7c56)c4)cccc32)c(-c2ccccc2)c1. The smallest absolute Gasteiger partial charge is 0.149 e. The molecule has 7 aromatic carbocycles. The predicted octanol–water partition coefficient (Wildman–Crippen LogP) is 16.3. The highest BCUT2D eigenvalue weighted by Gasteiger charge is 2.30. The van der Waals surface area contributed by atoms with Crippen LogP contribution >= 0.6 is 0 Å². The second-order valence-corrected chi connectivity index (χ2v) is 20.5. The van der Waals surface area contributed by atoms with Gasteiger partial charge in [-0.1, -0.05) is 165 Å². The van der Waals surface area contributed by atoms with Crippen LogP contribution in [0.2, 0.25) is 0 Å². The zero-order valence-electron chi connectivity index (χ0n) is 38.8. The Morgan fingerprint density at radius 3 is 1.85 bits per heavy atom. The van der Waals surface area contributed by atoms with Gasteiger partial charge in [-0.25, -0.2) is 4.98 Å². The van der Waals surface area contributed by atoms with E-state index in [4.69, 9.17) is 14.4 Å². The van der Waals surface area contributed by atoms with Gasteiger partial charge in [0.25, 0.3) is 0 Å². The van der Waals surface area contributed by atoms with E-state index >= 15 is 0 Å². The van der Waals surface area contributed by atoms with Gasteiger partial charge in [-0.05, 0) is 104 Å². The molecule has 322 valence electrons. The number of para-hydroxylation sites is 2. The Balaban J connectivity index is 1.31. The lowest BCUT2D eigenvalue weighted by Crippen LogP contribution is -2.17. The number of aromatic nitrogens is 3. The van der Waals surface area contributed by atoms with Gasteiger partial charge in [0.15, 0.2) is 0 Å². The number of imidazole rings is 1. The van der Waals surface area contributed by atoms with Crippen molar-refractivity contribution in [1.29, 1.82) is 0 Å². The normalized spacial score (nSPS) is 12.4. The molecule has 0 bridgehead atoms. The van der Waals surface area contributed by atoms with Crippen molar-refractivity contribution in [3.05, 3.63) is 181 Å². The van der Waals surface area contributed by atoms with Crippen LogP contribution in [0.3, 0.4) is 0 Å². The van der Waals surface area contributed by atoms with Crippen LogP contribution in [0.4, 0.5) is 0 Å². The maximum Gasteiger partial charge on any atom is 0.149 e. The molecule has 0 fully saturated rings. The molecule has 65 heavy (non-hydrogen) atoms. The van der Waals surface area contributed by atoms with Crippen molar-refractivity contribution >= 4 is 33.0 Å². The molecule has 10 rings (SSSR count). The van der Waals surface area contributed by atoms with E-state index in [1.54, 1.807) is 0 Å². The van der Waals surface area contributed by atoms with E-state index in [1.165, 1.54) is 5.56 Å². The van der Waals surface area contributed by atoms with Crippen LogP contribution in [0.25, 0.3) is 94.7 Å². The number of fused-ring (bicyclic) bond motifs is 4. The first-order chi connectivity index (χ1) is 31.0. The molecule has 0 unspecified atom stereocenters. The lowest BCUT2D eigenvalue weighted by Gasteiger charge is -2.28. The molecule has 3 aromatic heterocycles. The Morgan fingerprint density at radius 2 is 1.14 bits per heavy atom. The van der Waals surface area contributed by atoms with E-state index in [2.05, 4.69) is 200 Å². The minimum Gasteiger partial charge on any atom is -0.507 e. The summed E-state index contributed by atoms with van der Waals surface area (Å²) in [6, 6.07) is 55.6. The van der Waals surface area contributed by atoms with Gasteiger partial charge in [-0.15, -0.1) is 0 Å². The molecular weight excluding hydrogens is 795 g/mol. The Hall–Kier alpha value is -7.24. The monoisotopic (exact) mass is 849 g/mol. The van der Waals surface area contributed by atoms with Gasteiger partial charge in [-0.2, -0.15) is 0 Å². The summed E-state index contributed by atoms with van der Waals surface area (Å²) in [6.45, 7) is 20.0. The maximum absolute atomic E-state index is 12.6. The van der Waals surface area contributed by atoms with E-state index in [0.717, 1.165) is 94.4 Å². The van der Waals surface area contributed by atoms with E-state index < -0.39 is 0 Å². The molecule has 0 amide bonds. The first kappa shape index (κ1) is 41.8. The van der Waals surface area contributed by atoms with Crippen molar-refractivity contribution in [1.82, 2.24) is 14.5 Å². The van der Waals surface area contributed by atoms with Gasteiger partial charge in [0, 0.05) is 33.8 Å². The van der Waals surface area contributed by atoms with Crippen molar-refractivity contribution in [2.24, 2.45) is 0 Å². The fraction of sp³-hybridized carbons (Fsp3) is 0.200. The third kappa shape index (κ3) is 7.49. The first-order valence-corrected chi connectivity index (χ1v) is 22.6. The third-order valence-corrected chi connectivity index (χ3v) is 12.8. The van der Waals surface area contributed by atoms with Gasteiger partial charge in [0.05, 0.1) is 33.4 Å². The summed E-state index contributed by atoms with van der Waals surface area (Å²) in [5, 5.41) is 14.6. The van der Waals surface area contributed by atoms with Gasteiger partial charge in [0.1, 0.15) is 22.7 Å². The quantitative estimate of drug-likeness (QED) is 0.181. The van der Waals surface area contributed by atoms with Crippen molar-refractivity contribution in [3.63, 3.8) is 0 Å². The third-order valence-electron chi connectivity index (χ3n) is 12.8. The van der Waals surface area contributed by atoms with Gasteiger partial charge in [-0.3, -0.25) is 9.55 Å². The molecule has 0 aliphatic rings. The maximum atomic E-state index is 12.6. The highest BCUT2D eigenvalue weighted by molar-refractivity contribution is 6.12. The lowest BCUT2D eigenvalue weighted by atomic mass is 9.79. The predicted molar refractivity (Wildman–Crippen MR) is 271 cm³/mol. The van der Waals surface area contributed by atoms with Crippen LogP contribution in [0.5, 0.6) is 5.75 Å².